The minimum absolute atomic E-state index is 0.00948. The van der Waals surface area contributed by atoms with Crippen molar-refractivity contribution in [1.29, 1.82) is 0 Å². The summed E-state index contributed by atoms with van der Waals surface area (Å²) in [4.78, 5) is 23.4. The molecule has 9 heteroatoms. The fourth-order valence-corrected chi connectivity index (χ4v) is 4.93. The first kappa shape index (κ1) is 19.6. The molecular weight excluding hydrogens is 370 g/mol. The molecule has 0 aliphatic heterocycles. The van der Waals surface area contributed by atoms with Gasteiger partial charge in [0.2, 0.25) is 10.0 Å². The van der Waals surface area contributed by atoms with E-state index in [9.17, 15) is 18.0 Å². The van der Waals surface area contributed by atoms with Crippen LogP contribution in [-0.4, -0.2) is 37.6 Å². The van der Waals surface area contributed by atoms with Gasteiger partial charge in [0.25, 0.3) is 0 Å². The van der Waals surface area contributed by atoms with Gasteiger partial charge in [0.15, 0.2) is 0 Å². The SMILES string of the molecule is Cc1c(NC(=O)NC2CCC(C(=O)O)CC2)cccc1S(=O)(=O)NC1CC1. The third kappa shape index (κ3) is 4.98. The highest BCUT2D eigenvalue weighted by Crippen LogP contribution is 2.27. The Hall–Kier alpha value is -2.13. The molecule has 0 radical (unpaired) electrons. The molecule has 1 aromatic carbocycles. The van der Waals surface area contributed by atoms with Crippen molar-refractivity contribution in [1.82, 2.24) is 10.0 Å². The number of urea groups is 1. The zero-order chi connectivity index (χ0) is 19.6. The molecule has 0 aromatic heterocycles. The summed E-state index contributed by atoms with van der Waals surface area (Å²) >= 11 is 0. The van der Waals surface area contributed by atoms with E-state index in [-0.39, 0.29) is 22.9 Å². The Morgan fingerprint density at radius 3 is 2.26 bits per heavy atom. The highest BCUT2D eigenvalue weighted by atomic mass is 32.2. The lowest BCUT2D eigenvalue weighted by Gasteiger charge is -2.27. The molecule has 2 saturated carbocycles. The summed E-state index contributed by atoms with van der Waals surface area (Å²) in [6.45, 7) is 1.66. The van der Waals surface area contributed by atoms with Crippen molar-refractivity contribution < 1.29 is 23.1 Å². The van der Waals surface area contributed by atoms with Crippen LogP contribution in [0.3, 0.4) is 0 Å². The summed E-state index contributed by atoms with van der Waals surface area (Å²) in [5.74, 6) is -1.12. The van der Waals surface area contributed by atoms with Crippen LogP contribution in [-0.2, 0) is 14.8 Å². The molecule has 1 aromatic rings. The van der Waals surface area contributed by atoms with Crippen molar-refractivity contribution >= 4 is 27.7 Å². The Morgan fingerprint density at radius 2 is 1.67 bits per heavy atom. The lowest BCUT2D eigenvalue weighted by molar-refractivity contribution is -0.142. The highest BCUT2D eigenvalue weighted by Gasteiger charge is 2.30. The summed E-state index contributed by atoms with van der Waals surface area (Å²) in [7, 11) is -3.60. The Morgan fingerprint density at radius 1 is 1.04 bits per heavy atom. The number of aliphatic carboxylic acids is 1. The molecule has 0 bridgehead atoms. The molecule has 27 heavy (non-hydrogen) atoms. The molecule has 0 saturated heterocycles. The molecule has 2 amide bonds. The molecule has 2 fully saturated rings. The lowest BCUT2D eigenvalue weighted by atomic mass is 9.86. The number of carboxylic acids is 1. The van der Waals surface area contributed by atoms with Gasteiger partial charge in [0, 0.05) is 17.8 Å². The number of benzene rings is 1. The molecule has 3 rings (SSSR count). The third-order valence-corrected chi connectivity index (χ3v) is 6.80. The van der Waals surface area contributed by atoms with Crippen LogP contribution in [0.15, 0.2) is 23.1 Å². The quantitative estimate of drug-likeness (QED) is 0.588. The molecule has 148 valence electrons. The van der Waals surface area contributed by atoms with Crippen LogP contribution < -0.4 is 15.4 Å². The fraction of sp³-hybridized carbons (Fsp3) is 0.556. The van der Waals surface area contributed by atoms with E-state index in [2.05, 4.69) is 15.4 Å². The van der Waals surface area contributed by atoms with E-state index in [1.54, 1.807) is 19.1 Å². The fourth-order valence-electron chi connectivity index (χ4n) is 3.35. The molecule has 2 aliphatic rings. The van der Waals surface area contributed by atoms with Gasteiger partial charge in [0.05, 0.1) is 10.8 Å². The van der Waals surface area contributed by atoms with Crippen molar-refractivity contribution in [3.63, 3.8) is 0 Å². The maximum atomic E-state index is 12.5. The van der Waals surface area contributed by atoms with E-state index in [1.807, 2.05) is 0 Å². The van der Waals surface area contributed by atoms with Crippen molar-refractivity contribution in [2.75, 3.05) is 5.32 Å². The number of anilines is 1. The first-order valence-corrected chi connectivity index (χ1v) is 10.7. The predicted molar refractivity (Wildman–Crippen MR) is 100 cm³/mol. The second-order valence-corrected chi connectivity index (χ2v) is 8.99. The number of hydrogen-bond donors (Lipinski definition) is 4. The first-order valence-electron chi connectivity index (χ1n) is 9.18. The van der Waals surface area contributed by atoms with Gasteiger partial charge >= 0.3 is 12.0 Å². The van der Waals surface area contributed by atoms with Gasteiger partial charge < -0.3 is 15.7 Å². The van der Waals surface area contributed by atoms with Crippen LogP contribution in [0.25, 0.3) is 0 Å². The van der Waals surface area contributed by atoms with Crippen LogP contribution in [0.4, 0.5) is 10.5 Å². The van der Waals surface area contributed by atoms with Crippen molar-refractivity contribution in [2.45, 2.75) is 62.4 Å². The Kier molecular flexibility index (Phi) is 5.71. The molecule has 0 spiro atoms. The van der Waals surface area contributed by atoms with Crippen molar-refractivity contribution in [3.8, 4) is 0 Å². The minimum atomic E-state index is -3.60. The summed E-state index contributed by atoms with van der Waals surface area (Å²) in [5.41, 5.74) is 0.917. The maximum absolute atomic E-state index is 12.5. The van der Waals surface area contributed by atoms with Crippen LogP contribution in [0, 0.1) is 12.8 Å². The van der Waals surface area contributed by atoms with Gasteiger partial charge in [-0.15, -0.1) is 0 Å². The zero-order valence-corrected chi connectivity index (χ0v) is 16.0. The average Bonchev–Trinajstić information content (AvgIpc) is 3.40. The van der Waals surface area contributed by atoms with E-state index in [1.165, 1.54) is 6.07 Å². The number of carboxylic acid groups (broad SMARTS) is 1. The number of rotatable bonds is 6. The number of nitrogens with one attached hydrogen (secondary N) is 3. The summed E-state index contributed by atoms with van der Waals surface area (Å²) in [6, 6.07) is 4.30. The number of hydrogen-bond acceptors (Lipinski definition) is 4. The Balaban J connectivity index is 1.61. The molecule has 2 aliphatic carbocycles. The minimum Gasteiger partial charge on any atom is -0.481 e. The average molecular weight is 395 g/mol. The zero-order valence-electron chi connectivity index (χ0n) is 15.2. The van der Waals surface area contributed by atoms with E-state index < -0.39 is 22.0 Å². The van der Waals surface area contributed by atoms with Gasteiger partial charge in [-0.2, -0.15) is 0 Å². The number of sulfonamides is 1. The molecule has 0 heterocycles. The van der Waals surface area contributed by atoms with E-state index in [0.717, 1.165) is 12.8 Å². The van der Waals surface area contributed by atoms with Gasteiger partial charge in [-0.1, -0.05) is 6.07 Å². The maximum Gasteiger partial charge on any atom is 0.319 e. The second-order valence-electron chi connectivity index (χ2n) is 7.31. The summed E-state index contributed by atoms with van der Waals surface area (Å²) < 4.78 is 27.6. The van der Waals surface area contributed by atoms with Crippen LogP contribution in [0.5, 0.6) is 0 Å². The van der Waals surface area contributed by atoms with Gasteiger partial charge in [0.1, 0.15) is 0 Å². The van der Waals surface area contributed by atoms with Crippen molar-refractivity contribution in [3.05, 3.63) is 23.8 Å². The molecule has 0 unspecified atom stereocenters. The Bertz CT molecular complexity index is 827. The van der Waals surface area contributed by atoms with Crippen LogP contribution >= 0.6 is 0 Å². The molecular formula is C18H25N3O5S. The Labute approximate surface area is 158 Å². The van der Waals surface area contributed by atoms with E-state index in [0.29, 0.717) is 36.9 Å². The van der Waals surface area contributed by atoms with Crippen LogP contribution in [0.2, 0.25) is 0 Å². The monoisotopic (exact) mass is 395 g/mol. The summed E-state index contributed by atoms with van der Waals surface area (Å²) in [6.07, 6.45) is 4.01. The van der Waals surface area contributed by atoms with Crippen LogP contribution in [0.1, 0.15) is 44.1 Å². The van der Waals surface area contributed by atoms with Gasteiger partial charge in [-0.3, -0.25) is 4.79 Å². The van der Waals surface area contributed by atoms with Crippen molar-refractivity contribution in [2.24, 2.45) is 5.92 Å². The standard InChI is InChI=1S/C18H25N3O5S/c1-11-15(3-2-4-16(11)27(25,26)21-14-9-10-14)20-18(24)19-13-7-5-12(6-8-13)17(22)23/h2-4,12-14,21H,5-10H2,1H3,(H,22,23)(H2,19,20,24). The normalized spacial score (nSPS) is 22.9. The largest absolute Gasteiger partial charge is 0.481 e. The topological polar surface area (TPSA) is 125 Å². The summed E-state index contributed by atoms with van der Waals surface area (Å²) in [5, 5.41) is 14.6. The molecule has 8 nitrogen and oxygen atoms in total. The molecule has 4 N–H and O–H groups in total. The van der Waals surface area contributed by atoms with Gasteiger partial charge in [-0.25, -0.2) is 17.9 Å². The first-order chi connectivity index (χ1) is 12.8. The lowest BCUT2D eigenvalue weighted by Crippen LogP contribution is -2.41. The second kappa shape index (κ2) is 7.85. The van der Waals surface area contributed by atoms with Gasteiger partial charge in [-0.05, 0) is 63.1 Å². The van der Waals surface area contributed by atoms with E-state index >= 15 is 0 Å². The highest BCUT2D eigenvalue weighted by molar-refractivity contribution is 7.89. The third-order valence-electron chi connectivity index (χ3n) is 5.13. The molecule has 0 atom stereocenters. The number of amides is 2. The number of carbonyl (C=O) groups is 2. The van der Waals surface area contributed by atoms with E-state index in [4.69, 9.17) is 5.11 Å². The smallest absolute Gasteiger partial charge is 0.319 e. The number of carbonyl (C=O) groups excluding carboxylic acids is 1. The predicted octanol–water partition coefficient (Wildman–Crippen LogP) is 2.20.